The highest BCUT2D eigenvalue weighted by Gasteiger charge is 2.35. The van der Waals surface area contributed by atoms with E-state index in [0.29, 0.717) is 23.9 Å². The summed E-state index contributed by atoms with van der Waals surface area (Å²) in [5.41, 5.74) is 2.51. The molecular weight excluding hydrogens is 378 g/mol. The first-order valence-corrected chi connectivity index (χ1v) is 10.3. The monoisotopic (exact) mass is 407 g/mol. The van der Waals surface area contributed by atoms with E-state index in [9.17, 15) is 10.4 Å². The molecule has 1 saturated carbocycles. The second-order valence-electron chi connectivity index (χ2n) is 8.61. The minimum atomic E-state index is -0.298. The molecule has 8 heteroatoms. The topological polar surface area (TPSA) is 123 Å². The number of aliphatic hydroxyl groups is 1. The molecular formula is C22H29N7O. The van der Waals surface area contributed by atoms with Gasteiger partial charge in [0, 0.05) is 43.5 Å². The number of nitrogens with zero attached hydrogens (tertiary/aromatic N) is 4. The molecule has 0 aromatic carbocycles. The Balaban J connectivity index is 0.00000272. The van der Waals surface area contributed by atoms with Gasteiger partial charge in [0.2, 0.25) is 5.95 Å². The zero-order chi connectivity index (χ0) is 21.1. The molecule has 0 saturated heterocycles. The molecule has 2 atom stereocenters. The van der Waals surface area contributed by atoms with E-state index in [1.807, 2.05) is 18.5 Å². The number of rotatable bonds is 6. The van der Waals surface area contributed by atoms with Gasteiger partial charge in [-0.1, -0.05) is 13.8 Å². The number of nitrogens with one attached hydrogen (secondary N) is 3. The quantitative estimate of drug-likeness (QED) is 0.493. The molecule has 8 nitrogen and oxygen atoms in total. The number of aromatic nitrogens is 4. The summed E-state index contributed by atoms with van der Waals surface area (Å²) in [5.74, 6) is 1.04. The Kier molecular flexibility index (Phi) is 5.55. The van der Waals surface area contributed by atoms with E-state index >= 15 is 0 Å². The van der Waals surface area contributed by atoms with E-state index in [0.717, 1.165) is 36.6 Å². The SMILES string of the molecule is CC1(C)C[C@H](Nc2nc(NCCc3c[nH]c4ccncc34)ncc2C#N)CC[C@@H]1O.[HH]. The van der Waals surface area contributed by atoms with Gasteiger partial charge in [0.15, 0.2) is 0 Å². The first-order chi connectivity index (χ1) is 14.5. The van der Waals surface area contributed by atoms with Crippen molar-refractivity contribution in [2.24, 2.45) is 5.41 Å². The van der Waals surface area contributed by atoms with Crippen LogP contribution in [0.2, 0.25) is 0 Å². The molecule has 1 aliphatic rings. The highest BCUT2D eigenvalue weighted by molar-refractivity contribution is 5.82. The summed E-state index contributed by atoms with van der Waals surface area (Å²) in [4.78, 5) is 16.3. The number of hydrogen-bond donors (Lipinski definition) is 4. The third-order valence-electron chi connectivity index (χ3n) is 5.96. The maximum Gasteiger partial charge on any atom is 0.224 e. The Bertz CT molecular complexity index is 1080. The zero-order valence-electron chi connectivity index (χ0n) is 17.3. The number of fused-ring (bicyclic) bond motifs is 1. The largest absolute Gasteiger partial charge is 0.393 e. The Morgan fingerprint density at radius 2 is 2.23 bits per heavy atom. The fraction of sp³-hybridized carbons (Fsp3) is 0.455. The van der Waals surface area contributed by atoms with E-state index in [1.54, 1.807) is 12.4 Å². The van der Waals surface area contributed by atoms with Crippen LogP contribution in [0.4, 0.5) is 11.8 Å². The second kappa shape index (κ2) is 8.28. The molecule has 3 aromatic heterocycles. The molecule has 3 aromatic rings. The van der Waals surface area contributed by atoms with Crippen molar-refractivity contribution in [3.8, 4) is 6.07 Å². The van der Waals surface area contributed by atoms with E-state index < -0.39 is 0 Å². The average Bonchev–Trinajstić information content (AvgIpc) is 3.14. The molecule has 4 rings (SSSR count). The summed E-state index contributed by atoms with van der Waals surface area (Å²) in [5, 5.41) is 27.4. The standard InChI is InChI=1S/C22H27N7O.H2/c1-22(2)9-16(3-4-19(22)30)28-20-15(10-23)12-27-21(29-20)25-8-5-14-11-26-18-6-7-24-13-17(14)18;/h6-7,11-13,16,19,26,30H,3-5,8-9H2,1-2H3,(H2,25,27,28,29);1H/t16-,19+;/m1./s1. The molecule has 3 heterocycles. The van der Waals surface area contributed by atoms with Gasteiger partial charge in [-0.15, -0.1) is 0 Å². The molecule has 1 aliphatic carbocycles. The van der Waals surface area contributed by atoms with Crippen molar-refractivity contribution in [2.45, 2.75) is 51.7 Å². The molecule has 0 radical (unpaired) electrons. The lowest BCUT2D eigenvalue weighted by molar-refractivity contribution is 0.00926. The van der Waals surface area contributed by atoms with Gasteiger partial charge in [0.1, 0.15) is 17.5 Å². The first-order valence-electron chi connectivity index (χ1n) is 10.3. The van der Waals surface area contributed by atoms with Gasteiger partial charge >= 0.3 is 0 Å². The first kappa shape index (κ1) is 20.1. The number of anilines is 2. The van der Waals surface area contributed by atoms with Gasteiger partial charge in [-0.3, -0.25) is 4.98 Å². The molecule has 30 heavy (non-hydrogen) atoms. The van der Waals surface area contributed by atoms with Crippen molar-refractivity contribution >= 4 is 22.7 Å². The molecule has 1 fully saturated rings. The van der Waals surface area contributed by atoms with Crippen molar-refractivity contribution in [2.75, 3.05) is 17.2 Å². The summed E-state index contributed by atoms with van der Waals surface area (Å²) >= 11 is 0. The minimum Gasteiger partial charge on any atom is -0.393 e. The van der Waals surface area contributed by atoms with Crippen LogP contribution < -0.4 is 10.6 Å². The van der Waals surface area contributed by atoms with Gasteiger partial charge in [-0.2, -0.15) is 10.2 Å². The molecule has 0 bridgehead atoms. The van der Waals surface area contributed by atoms with Crippen molar-refractivity contribution in [3.63, 3.8) is 0 Å². The smallest absolute Gasteiger partial charge is 0.224 e. The molecule has 0 amide bonds. The minimum absolute atomic E-state index is 0. The molecule has 0 spiro atoms. The number of aliphatic hydroxyl groups excluding tert-OH is 1. The van der Waals surface area contributed by atoms with Crippen LogP contribution in [0.5, 0.6) is 0 Å². The zero-order valence-corrected chi connectivity index (χ0v) is 17.3. The van der Waals surface area contributed by atoms with Crippen LogP contribution in [-0.2, 0) is 6.42 Å². The van der Waals surface area contributed by atoms with E-state index in [4.69, 9.17) is 0 Å². The van der Waals surface area contributed by atoms with Crippen molar-refractivity contribution in [1.29, 1.82) is 5.26 Å². The molecule has 0 unspecified atom stereocenters. The number of nitriles is 1. The highest BCUT2D eigenvalue weighted by Crippen LogP contribution is 2.37. The van der Waals surface area contributed by atoms with Crippen LogP contribution in [0.25, 0.3) is 10.9 Å². The highest BCUT2D eigenvalue weighted by atomic mass is 16.3. The summed E-state index contributed by atoms with van der Waals surface area (Å²) in [6, 6.07) is 4.29. The number of aromatic amines is 1. The Hall–Kier alpha value is -3.18. The average molecular weight is 408 g/mol. The molecule has 4 N–H and O–H groups in total. The third kappa shape index (κ3) is 4.21. The lowest BCUT2D eigenvalue weighted by atomic mass is 9.73. The van der Waals surface area contributed by atoms with Gasteiger partial charge in [0.25, 0.3) is 0 Å². The van der Waals surface area contributed by atoms with Crippen LogP contribution in [0.1, 0.15) is 45.7 Å². The van der Waals surface area contributed by atoms with Crippen LogP contribution in [0.3, 0.4) is 0 Å². The van der Waals surface area contributed by atoms with Gasteiger partial charge < -0.3 is 20.7 Å². The summed E-state index contributed by atoms with van der Waals surface area (Å²) in [7, 11) is 0. The maximum absolute atomic E-state index is 10.2. The van der Waals surface area contributed by atoms with Crippen molar-refractivity contribution in [3.05, 3.63) is 42.0 Å². The number of pyridine rings is 1. The molecule has 0 aliphatic heterocycles. The van der Waals surface area contributed by atoms with Gasteiger partial charge in [0.05, 0.1) is 12.3 Å². The van der Waals surface area contributed by atoms with Crippen LogP contribution >= 0.6 is 0 Å². The molecule has 158 valence electrons. The normalized spacial score (nSPS) is 20.6. The lowest BCUT2D eigenvalue weighted by Gasteiger charge is -2.40. The lowest BCUT2D eigenvalue weighted by Crippen LogP contribution is -2.41. The van der Waals surface area contributed by atoms with Crippen LogP contribution in [0.15, 0.2) is 30.9 Å². The predicted molar refractivity (Wildman–Crippen MR) is 118 cm³/mol. The summed E-state index contributed by atoms with van der Waals surface area (Å²) in [6.45, 7) is 4.81. The van der Waals surface area contributed by atoms with Crippen molar-refractivity contribution in [1.82, 2.24) is 19.9 Å². The fourth-order valence-corrected chi connectivity index (χ4v) is 4.13. The van der Waals surface area contributed by atoms with Crippen LogP contribution in [-0.4, -0.2) is 43.7 Å². The second-order valence-corrected chi connectivity index (χ2v) is 8.61. The third-order valence-corrected chi connectivity index (χ3v) is 5.96. The number of hydrogen-bond acceptors (Lipinski definition) is 7. The van der Waals surface area contributed by atoms with E-state index in [-0.39, 0.29) is 19.0 Å². The van der Waals surface area contributed by atoms with Gasteiger partial charge in [-0.05, 0) is 42.7 Å². The van der Waals surface area contributed by atoms with Crippen molar-refractivity contribution < 1.29 is 6.53 Å². The number of H-pyrrole nitrogens is 1. The van der Waals surface area contributed by atoms with Gasteiger partial charge in [-0.25, -0.2) is 4.98 Å². The maximum atomic E-state index is 10.2. The Morgan fingerprint density at radius 3 is 3.03 bits per heavy atom. The van der Waals surface area contributed by atoms with E-state index in [2.05, 4.69) is 50.5 Å². The van der Waals surface area contributed by atoms with E-state index in [1.165, 1.54) is 5.56 Å². The summed E-state index contributed by atoms with van der Waals surface area (Å²) < 4.78 is 0. The Labute approximate surface area is 177 Å². The fourth-order valence-electron chi connectivity index (χ4n) is 4.13. The predicted octanol–water partition coefficient (Wildman–Crippen LogP) is 3.48. The van der Waals surface area contributed by atoms with Crippen LogP contribution in [0, 0.1) is 16.7 Å². The Morgan fingerprint density at radius 1 is 1.37 bits per heavy atom. The summed E-state index contributed by atoms with van der Waals surface area (Å²) in [6.07, 6.45) is 10.1.